The van der Waals surface area contributed by atoms with Gasteiger partial charge in [-0.15, -0.1) is 0 Å². The van der Waals surface area contributed by atoms with Gasteiger partial charge in [-0.1, -0.05) is 29.8 Å². The number of benzene rings is 2. The maximum atomic E-state index is 12.6. The Labute approximate surface area is 131 Å². The molecule has 0 spiro atoms. The minimum absolute atomic E-state index is 0.226. The number of nitrogen functional groups attached to an aromatic ring is 1. The first kappa shape index (κ1) is 14.4. The van der Waals surface area contributed by atoms with Gasteiger partial charge in [0.15, 0.2) is 0 Å². The van der Waals surface area contributed by atoms with Gasteiger partial charge < -0.3 is 10.5 Å². The van der Waals surface area contributed by atoms with Crippen molar-refractivity contribution < 1.29 is 8.95 Å². The average Bonchev–Trinajstić information content (AvgIpc) is 2.47. The van der Waals surface area contributed by atoms with E-state index in [1.807, 2.05) is 24.3 Å². The third-order valence-corrected chi connectivity index (χ3v) is 5.61. The second kappa shape index (κ2) is 6.08. The molecule has 1 aliphatic heterocycles. The summed E-state index contributed by atoms with van der Waals surface area (Å²) in [7, 11) is -1.15. The average molecular weight is 322 g/mol. The van der Waals surface area contributed by atoms with E-state index in [0.29, 0.717) is 28.0 Å². The number of rotatable bonds is 3. The maximum Gasteiger partial charge on any atom is 0.122 e. The summed E-state index contributed by atoms with van der Waals surface area (Å²) in [5.74, 6) is 1.67. The summed E-state index contributed by atoms with van der Waals surface area (Å²) < 4.78 is 18.2. The SMILES string of the molecule is Nc1ccc(S(=O)CC2CCOc3ccccc32)c(Cl)c1. The molecule has 0 aromatic heterocycles. The molecule has 1 heterocycles. The number of halogens is 1. The van der Waals surface area contributed by atoms with Gasteiger partial charge >= 0.3 is 0 Å². The molecule has 110 valence electrons. The molecule has 3 nitrogen and oxygen atoms in total. The van der Waals surface area contributed by atoms with Crippen molar-refractivity contribution in [1.82, 2.24) is 0 Å². The summed E-state index contributed by atoms with van der Waals surface area (Å²) in [4.78, 5) is 0.648. The van der Waals surface area contributed by atoms with Crippen molar-refractivity contribution in [2.24, 2.45) is 0 Å². The number of fused-ring (bicyclic) bond motifs is 1. The third kappa shape index (κ3) is 3.06. The molecule has 21 heavy (non-hydrogen) atoms. The number of hydrogen-bond acceptors (Lipinski definition) is 3. The molecule has 0 fully saturated rings. The first-order chi connectivity index (χ1) is 10.1. The monoisotopic (exact) mass is 321 g/mol. The van der Waals surface area contributed by atoms with Gasteiger partial charge in [0.05, 0.1) is 27.3 Å². The van der Waals surface area contributed by atoms with Crippen molar-refractivity contribution in [1.29, 1.82) is 0 Å². The van der Waals surface area contributed by atoms with E-state index >= 15 is 0 Å². The van der Waals surface area contributed by atoms with Crippen molar-refractivity contribution in [3.63, 3.8) is 0 Å². The van der Waals surface area contributed by atoms with Gasteiger partial charge in [-0.25, -0.2) is 0 Å². The molecule has 2 N–H and O–H groups in total. The first-order valence-corrected chi connectivity index (χ1v) is 8.50. The summed E-state index contributed by atoms with van der Waals surface area (Å²) in [6, 6.07) is 13.1. The van der Waals surface area contributed by atoms with Gasteiger partial charge in [0.1, 0.15) is 5.75 Å². The quantitative estimate of drug-likeness (QED) is 0.879. The molecule has 1 aliphatic rings. The van der Waals surface area contributed by atoms with Gasteiger partial charge in [-0.2, -0.15) is 0 Å². The molecule has 3 rings (SSSR count). The van der Waals surface area contributed by atoms with E-state index in [0.717, 1.165) is 17.7 Å². The fourth-order valence-electron chi connectivity index (χ4n) is 2.56. The van der Waals surface area contributed by atoms with Gasteiger partial charge in [0.2, 0.25) is 0 Å². The third-order valence-electron chi connectivity index (χ3n) is 3.64. The summed E-state index contributed by atoms with van der Waals surface area (Å²) in [6.07, 6.45) is 0.870. The molecule has 2 aromatic rings. The zero-order valence-corrected chi connectivity index (χ0v) is 13.0. The van der Waals surface area contributed by atoms with Crippen LogP contribution in [0.5, 0.6) is 5.75 Å². The molecule has 0 bridgehead atoms. The van der Waals surface area contributed by atoms with Crippen molar-refractivity contribution in [3.8, 4) is 5.75 Å². The van der Waals surface area contributed by atoms with E-state index in [1.165, 1.54) is 0 Å². The van der Waals surface area contributed by atoms with E-state index in [4.69, 9.17) is 22.1 Å². The number of hydrogen-bond donors (Lipinski definition) is 1. The lowest BCUT2D eigenvalue weighted by atomic mass is 9.95. The summed E-state index contributed by atoms with van der Waals surface area (Å²) in [5.41, 5.74) is 7.38. The molecular formula is C16H16ClNO2S. The van der Waals surface area contributed by atoms with E-state index < -0.39 is 10.8 Å². The molecule has 0 radical (unpaired) electrons. The van der Waals surface area contributed by atoms with Crippen molar-refractivity contribution in [3.05, 3.63) is 53.1 Å². The normalized spacial score (nSPS) is 18.6. The number of ether oxygens (including phenoxy) is 1. The Morgan fingerprint density at radius 1 is 1.29 bits per heavy atom. The van der Waals surface area contributed by atoms with Crippen LogP contribution in [-0.2, 0) is 10.8 Å². The van der Waals surface area contributed by atoms with Crippen LogP contribution >= 0.6 is 11.6 Å². The largest absolute Gasteiger partial charge is 0.493 e. The summed E-state index contributed by atoms with van der Waals surface area (Å²) >= 11 is 6.14. The molecule has 2 atom stereocenters. The molecule has 2 aromatic carbocycles. The highest BCUT2D eigenvalue weighted by Gasteiger charge is 2.24. The Kier molecular flexibility index (Phi) is 4.17. The second-order valence-corrected chi connectivity index (χ2v) is 6.95. The minimum atomic E-state index is -1.15. The zero-order valence-electron chi connectivity index (χ0n) is 11.4. The number of nitrogens with two attached hydrogens (primary N) is 1. The molecule has 5 heteroatoms. The van der Waals surface area contributed by atoms with E-state index in [1.54, 1.807) is 18.2 Å². The maximum absolute atomic E-state index is 12.6. The van der Waals surface area contributed by atoms with Crippen LogP contribution in [-0.4, -0.2) is 16.6 Å². The lowest BCUT2D eigenvalue weighted by molar-refractivity contribution is 0.273. The molecule has 0 saturated carbocycles. The number of anilines is 1. The molecule has 0 amide bonds. The summed E-state index contributed by atoms with van der Waals surface area (Å²) in [6.45, 7) is 0.661. The fraction of sp³-hybridized carbons (Fsp3) is 0.250. The van der Waals surface area contributed by atoms with Crippen LogP contribution in [0.4, 0.5) is 5.69 Å². The van der Waals surface area contributed by atoms with E-state index in [-0.39, 0.29) is 5.92 Å². The van der Waals surface area contributed by atoms with E-state index in [9.17, 15) is 4.21 Å². The number of para-hydroxylation sites is 1. The van der Waals surface area contributed by atoms with Gasteiger partial charge in [-0.05, 0) is 36.2 Å². The van der Waals surface area contributed by atoms with Crippen LogP contribution in [0.2, 0.25) is 5.02 Å². The van der Waals surface area contributed by atoms with Crippen LogP contribution in [0.1, 0.15) is 17.9 Å². The molecule has 2 unspecified atom stereocenters. The van der Waals surface area contributed by atoms with Gasteiger partial charge in [-0.3, -0.25) is 4.21 Å². The minimum Gasteiger partial charge on any atom is -0.493 e. The predicted octanol–water partition coefficient (Wildman–Crippen LogP) is 3.60. The smallest absolute Gasteiger partial charge is 0.122 e. The van der Waals surface area contributed by atoms with E-state index in [2.05, 4.69) is 0 Å². The van der Waals surface area contributed by atoms with Crippen LogP contribution in [0.15, 0.2) is 47.4 Å². The van der Waals surface area contributed by atoms with Crippen molar-refractivity contribution in [2.75, 3.05) is 18.1 Å². The highest BCUT2D eigenvalue weighted by molar-refractivity contribution is 7.85. The molecular weight excluding hydrogens is 306 g/mol. The van der Waals surface area contributed by atoms with Crippen LogP contribution in [0, 0.1) is 0 Å². The lowest BCUT2D eigenvalue weighted by Gasteiger charge is -2.25. The second-order valence-electron chi connectivity index (χ2n) is 5.07. The van der Waals surface area contributed by atoms with Crippen LogP contribution in [0.25, 0.3) is 0 Å². The summed E-state index contributed by atoms with van der Waals surface area (Å²) in [5, 5.41) is 0.466. The standard InChI is InChI=1S/C16H16ClNO2S/c17-14-9-12(18)5-6-16(14)21(19)10-11-7-8-20-15-4-2-1-3-13(11)15/h1-6,9,11H,7-8,10,18H2. The van der Waals surface area contributed by atoms with Gasteiger partial charge in [0.25, 0.3) is 0 Å². The Morgan fingerprint density at radius 3 is 2.90 bits per heavy atom. The Balaban J connectivity index is 1.83. The van der Waals surface area contributed by atoms with Crippen molar-refractivity contribution >= 4 is 28.1 Å². The molecule has 0 aliphatic carbocycles. The highest BCUT2D eigenvalue weighted by Crippen LogP contribution is 2.35. The van der Waals surface area contributed by atoms with Crippen LogP contribution in [0.3, 0.4) is 0 Å². The highest BCUT2D eigenvalue weighted by atomic mass is 35.5. The Hall–Kier alpha value is -1.52. The van der Waals surface area contributed by atoms with Crippen LogP contribution < -0.4 is 10.5 Å². The van der Waals surface area contributed by atoms with Gasteiger partial charge in [0, 0.05) is 17.4 Å². The zero-order chi connectivity index (χ0) is 14.8. The Bertz CT molecular complexity index is 690. The van der Waals surface area contributed by atoms with Crippen molar-refractivity contribution in [2.45, 2.75) is 17.2 Å². The first-order valence-electron chi connectivity index (χ1n) is 6.80. The topological polar surface area (TPSA) is 52.3 Å². The predicted molar refractivity (Wildman–Crippen MR) is 86.4 cm³/mol. The molecule has 0 saturated heterocycles. The lowest BCUT2D eigenvalue weighted by Crippen LogP contribution is -2.19. The fourth-order valence-corrected chi connectivity index (χ4v) is 4.40. The Morgan fingerprint density at radius 2 is 2.10 bits per heavy atom.